The zero-order valence-electron chi connectivity index (χ0n) is 11.1. The Kier molecular flexibility index (Phi) is 3.87. The summed E-state index contributed by atoms with van der Waals surface area (Å²) in [5.74, 6) is 0.0343. The number of carbonyl (C=O) groups excluding carboxylic acids is 1. The van der Waals surface area contributed by atoms with Gasteiger partial charge in [-0.1, -0.05) is 13.0 Å². The number of aryl methyl sites for hydroxylation is 1. The number of hydrogen-bond acceptors (Lipinski definition) is 3. The molecule has 0 radical (unpaired) electrons. The Morgan fingerprint density at radius 1 is 1.50 bits per heavy atom. The number of nitrogens with zero attached hydrogens (tertiary/aromatic N) is 1. The first-order valence-corrected chi connectivity index (χ1v) is 6.50. The average Bonchev–Trinajstić information content (AvgIpc) is 3.15. The molecule has 0 saturated heterocycles. The summed E-state index contributed by atoms with van der Waals surface area (Å²) in [5, 5.41) is 2.90. The summed E-state index contributed by atoms with van der Waals surface area (Å²) in [6, 6.07) is 6.23. The zero-order chi connectivity index (χ0) is 13.1. The van der Waals surface area contributed by atoms with E-state index in [-0.39, 0.29) is 5.91 Å². The van der Waals surface area contributed by atoms with Gasteiger partial charge in [-0.2, -0.15) is 0 Å². The van der Waals surface area contributed by atoms with E-state index in [1.807, 2.05) is 19.1 Å². The van der Waals surface area contributed by atoms with Crippen molar-refractivity contribution in [3.05, 3.63) is 23.8 Å². The van der Waals surface area contributed by atoms with Crippen molar-refractivity contribution < 1.29 is 4.79 Å². The third-order valence-electron chi connectivity index (χ3n) is 3.38. The van der Waals surface area contributed by atoms with E-state index in [0.29, 0.717) is 18.3 Å². The van der Waals surface area contributed by atoms with Crippen molar-refractivity contribution >= 4 is 17.3 Å². The van der Waals surface area contributed by atoms with Crippen LogP contribution in [0.25, 0.3) is 0 Å². The summed E-state index contributed by atoms with van der Waals surface area (Å²) in [5.41, 5.74) is 8.33. The fourth-order valence-electron chi connectivity index (χ4n) is 2.04. The minimum Gasteiger partial charge on any atom is -0.398 e. The van der Waals surface area contributed by atoms with Crippen LogP contribution in [0.2, 0.25) is 0 Å². The van der Waals surface area contributed by atoms with Crippen LogP contribution in [-0.4, -0.2) is 29.9 Å². The number of benzene rings is 1. The maximum absolute atomic E-state index is 11.9. The Hall–Kier alpha value is -1.55. The molecule has 0 spiro atoms. The van der Waals surface area contributed by atoms with Crippen molar-refractivity contribution in [2.75, 3.05) is 24.1 Å². The second kappa shape index (κ2) is 5.40. The van der Waals surface area contributed by atoms with Gasteiger partial charge >= 0.3 is 0 Å². The van der Waals surface area contributed by atoms with E-state index < -0.39 is 0 Å². The predicted molar refractivity (Wildman–Crippen MR) is 74.5 cm³/mol. The highest BCUT2D eigenvalue weighted by Crippen LogP contribution is 2.26. The topological polar surface area (TPSA) is 58.4 Å². The highest BCUT2D eigenvalue weighted by Gasteiger charge is 2.28. The Morgan fingerprint density at radius 2 is 2.22 bits per heavy atom. The maximum atomic E-state index is 11.9. The summed E-state index contributed by atoms with van der Waals surface area (Å²) < 4.78 is 0. The van der Waals surface area contributed by atoms with Gasteiger partial charge in [0, 0.05) is 17.4 Å². The summed E-state index contributed by atoms with van der Waals surface area (Å²) in [7, 11) is 0. The highest BCUT2D eigenvalue weighted by molar-refractivity contribution is 5.92. The fourth-order valence-corrected chi connectivity index (χ4v) is 2.04. The maximum Gasteiger partial charge on any atom is 0.238 e. The summed E-state index contributed by atoms with van der Waals surface area (Å²) in [4.78, 5) is 14.1. The van der Waals surface area contributed by atoms with Gasteiger partial charge in [-0.3, -0.25) is 9.69 Å². The molecule has 1 fully saturated rings. The Labute approximate surface area is 108 Å². The van der Waals surface area contributed by atoms with Crippen molar-refractivity contribution in [2.45, 2.75) is 32.7 Å². The minimum absolute atomic E-state index is 0.0343. The first kappa shape index (κ1) is 12.9. The van der Waals surface area contributed by atoms with E-state index in [0.717, 1.165) is 17.8 Å². The third-order valence-corrected chi connectivity index (χ3v) is 3.38. The van der Waals surface area contributed by atoms with Crippen LogP contribution in [0.3, 0.4) is 0 Å². The molecule has 0 heterocycles. The largest absolute Gasteiger partial charge is 0.398 e. The van der Waals surface area contributed by atoms with Crippen LogP contribution >= 0.6 is 0 Å². The molecule has 0 atom stereocenters. The Bertz CT molecular complexity index is 441. The van der Waals surface area contributed by atoms with Crippen LogP contribution in [0.15, 0.2) is 18.2 Å². The molecule has 0 aromatic heterocycles. The molecule has 1 aromatic carbocycles. The van der Waals surface area contributed by atoms with Crippen LogP contribution < -0.4 is 11.1 Å². The molecule has 1 aromatic rings. The van der Waals surface area contributed by atoms with E-state index in [1.165, 1.54) is 12.8 Å². The molecule has 4 nitrogen and oxygen atoms in total. The first-order valence-electron chi connectivity index (χ1n) is 6.50. The SMILES string of the molecule is CCN(CC(=O)Nc1ccc(C)c(N)c1)C1CC1. The molecule has 0 unspecified atom stereocenters. The lowest BCUT2D eigenvalue weighted by molar-refractivity contribution is -0.117. The number of nitrogen functional groups attached to an aromatic ring is 1. The summed E-state index contributed by atoms with van der Waals surface area (Å²) in [6.45, 7) is 5.44. The normalized spacial score (nSPS) is 14.8. The molecule has 4 heteroatoms. The van der Waals surface area contributed by atoms with Crippen LogP contribution in [0, 0.1) is 6.92 Å². The molecule has 1 aliphatic carbocycles. The van der Waals surface area contributed by atoms with Gasteiger partial charge < -0.3 is 11.1 Å². The van der Waals surface area contributed by atoms with Gasteiger partial charge in [-0.05, 0) is 44.0 Å². The second-order valence-corrected chi connectivity index (χ2v) is 4.91. The van der Waals surface area contributed by atoms with Crippen LogP contribution in [0.5, 0.6) is 0 Å². The van der Waals surface area contributed by atoms with E-state index in [4.69, 9.17) is 5.73 Å². The van der Waals surface area contributed by atoms with Gasteiger partial charge in [-0.25, -0.2) is 0 Å². The number of amides is 1. The lowest BCUT2D eigenvalue weighted by atomic mass is 10.2. The monoisotopic (exact) mass is 247 g/mol. The van der Waals surface area contributed by atoms with E-state index >= 15 is 0 Å². The molecule has 98 valence electrons. The second-order valence-electron chi connectivity index (χ2n) is 4.91. The zero-order valence-corrected chi connectivity index (χ0v) is 11.1. The average molecular weight is 247 g/mol. The smallest absolute Gasteiger partial charge is 0.238 e. The third kappa shape index (κ3) is 3.23. The number of hydrogen-bond donors (Lipinski definition) is 2. The fraction of sp³-hybridized carbons (Fsp3) is 0.500. The van der Waals surface area contributed by atoms with Crippen molar-refractivity contribution in [1.82, 2.24) is 4.90 Å². The molecule has 0 aliphatic heterocycles. The quantitative estimate of drug-likeness (QED) is 0.782. The van der Waals surface area contributed by atoms with Gasteiger partial charge in [0.2, 0.25) is 5.91 Å². The number of nitrogens with one attached hydrogen (secondary N) is 1. The molecule has 0 bridgehead atoms. The number of nitrogens with two attached hydrogens (primary N) is 1. The molecule has 1 saturated carbocycles. The standard InChI is InChI=1S/C14H21N3O/c1-3-17(12-6-7-12)9-14(18)16-11-5-4-10(2)13(15)8-11/h4-5,8,12H,3,6-7,9,15H2,1-2H3,(H,16,18). The Morgan fingerprint density at radius 3 is 2.78 bits per heavy atom. The number of rotatable bonds is 5. The molecule has 1 aliphatic rings. The number of anilines is 2. The molecular formula is C14H21N3O. The summed E-state index contributed by atoms with van der Waals surface area (Å²) >= 11 is 0. The Balaban J connectivity index is 1.91. The molecule has 18 heavy (non-hydrogen) atoms. The van der Waals surface area contributed by atoms with Crippen LogP contribution in [0.1, 0.15) is 25.3 Å². The minimum atomic E-state index is 0.0343. The van der Waals surface area contributed by atoms with Gasteiger partial charge in [0.25, 0.3) is 0 Å². The van der Waals surface area contributed by atoms with Crippen molar-refractivity contribution in [1.29, 1.82) is 0 Å². The van der Waals surface area contributed by atoms with Crippen LogP contribution in [-0.2, 0) is 4.79 Å². The molecule has 2 rings (SSSR count). The molecule has 3 N–H and O–H groups in total. The van der Waals surface area contributed by atoms with Crippen molar-refractivity contribution in [3.63, 3.8) is 0 Å². The van der Waals surface area contributed by atoms with Gasteiger partial charge in [0.1, 0.15) is 0 Å². The predicted octanol–water partition coefficient (Wildman–Crippen LogP) is 2.00. The number of likely N-dealkylation sites (N-methyl/N-ethyl adjacent to an activating group) is 1. The van der Waals surface area contributed by atoms with Crippen molar-refractivity contribution in [2.24, 2.45) is 0 Å². The first-order chi connectivity index (χ1) is 8.60. The van der Waals surface area contributed by atoms with Gasteiger partial charge in [0.15, 0.2) is 0 Å². The summed E-state index contributed by atoms with van der Waals surface area (Å²) in [6.07, 6.45) is 2.44. The highest BCUT2D eigenvalue weighted by atomic mass is 16.2. The lowest BCUT2D eigenvalue weighted by Crippen LogP contribution is -2.34. The molecule has 1 amide bonds. The van der Waals surface area contributed by atoms with E-state index in [1.54, 1.807) is 6.07 Å². The van der Waals surface area contributed by atoms with E-state index in [9.17, 15) is 4.79 Å². The lowest BCUT2D eigenvalue weighted by Gasteiger charge is -2.19. The number of carbonyl (C=O) groups is 1. The van der Waals surface area contributed by atoms with E-state index in [2.05, 4.69) is 17.1 Å². The van der Waals surface area contributed by atoms with Crippen molar-refractivity contribution in [3.8, 4) is 0 Å². The molecular weight excluding hydrogens is 226 g/mol. The van der Waals surface area contributed by atoms with Crippen LogP contribution in [0.4, 0.5) is 11.4 Å². The van der Waals surface area contributed by atoms with Gasteiger partial charge in [-0.15, -0.1) is 0 Å². The van der Waals surface area contributed by atoms with Gasteiger partial charge in [0.05, 0.1) is 6.54 Å².